The second-order valence-electron chi connectivity index (χ2n) is 6.69. The summed E-state index contributed by atoms with van der Waals surface area (Å²) in [7, 11) is 0. The largest absolute Gasteiger partial charge is 0.462 e. The molecule has 17 heavy (non-hydrogen) atoms. The fourth-order valence-electron chi connectivity index (χ4n) is 1.90. The van der Waals surface area contributed by atoms with Crippen LogP contribution in [0.15, 0.2) is 22.8 Å². The van der Waals surface area contributed by atoms with Crippen molar-refractivity contribution in [1.82, 2.24) is 4.98 Å². The molecule has 0 spiro atoms. The highest BCUT2D eigenvalue weighted by atomic mass is 16.3. The van der Waals surface area contributed by atoms with Gasteiger partial charge < -0.3 is 4.42 Å². The van der Waals surface area contributed by atoms with Gasteiger partial charge in [0.05, 0.1) is 6.26 Å². The van der Waals surface area contributed by atoms with Crippen molar-refractivity contribution in [1.29, 1.82) is 0 Å². The summed E-state index contributed by atoms with van der Waals surface area (Å²) >= 11 is 0. The maximum Gasteiger partial charge on any atom is 0.156 e. The van der Waals surface area contributed by atoms with Crippen molar-refractivity contribution in [2.75, 3.05) is 0 Å². The van der Waals surface area contributed by atoms with Gasteiger partial charge in [-0.25, -0.2) is 4.98 Å². The average Bonchev–Trinajstić information content (AvgIpc) is 2.59. The van der Waals surface area contributed by atoms with Gasteiger partial charge in [-0.2, -0.15) is 0 Å². The molecule has 2 aromatic rings. The first-order valence-electron chi connectivity index (χ1n) is 6.09. The molecule has 0 atom stereocenters. The van der Waals surface area contributed by atoms with Gasteiger partial charge >= 0.3 is 0 Å². The van der Waals surface area contributed by atoms with E-state index >= 15 is 0 Å². The predicted molar refractivity (Wildman–Crippen MR) is 71.4 cm³/mol. The molecule has 0 aliphatic heterocycles. The number of aromatic nitrogens is 1. The molecule has 0 radical (unpaired) electrons. The van der Waals surface area contributed by atoms with Crippen molar-refractivity contribution in [2.45, 2.75) is 52.4 Å². The minimum absolute atomic E-state index is 0.0610. The molecule has 0 aromatic carbocycles. The molecule has 0 saturated heterocycles. The van der Waals surface area contributed by atoms with Crippen LogP contribution in [-0.4, -0.2) is 4.98 Å². The van der Waals surface area contributed by atoms with E-state index in [9.17, 15) is 0 Å². The second-order valence-corrected chi connectivity index (χ2v) is 6.69. The van der Waals surface area contributed by atoms with E-state index in [0.29, 0.717) is 0 Å². The number of pyridine rings is 1. The van der Waals surface area contributed by atoms with Gasteiger partial charge in [-0.1, -0.05) is 41.5 Å². The average molecular weight is 231 g/mol. The van der Waals surface area contributed by atoms with Gasteiger partial charge in [-0.3, -0.25) is 0 Å². The van der Waals surface area contributed by atoms with Crippen molar-refractivity contribution >= 4 is 11.1 Å². The maximum absolute atomic E-state index is 5.58. The van der Waals surface area contributed by atoms with Crippen LogP contribution in [0.2, 0.25) is 0 Å². The summed E-state index contributed by atoms with van der Waals surface area (Å²) in [6.07, 6.45) is 1.72. The van der Waals surface area contributed by atoms with Crippen LogP contribution in [-0.2, 0) is 10.8 Å². The molecule has 92 valence electrons. The molecule has 2 nitrogen and oxygen atoms in total. The third-order valence-corrected chi connectivity index (χ3v) is 2.99. The zero-order valence-corrected chi connectivity index (χ0v) is 11.6. The summed E-state index contributed by atoms with van der Waals surface area (Å²) < 4.78 is 5.58. The summed E-state index contributed by atoms with van der Waals surface area (Å²) in [4.78, 5) is 4.69. The van der Waals surface area contributed by atoms with Crippen molar-refractivity contribution in [2.24, 2.45) is 0 Å². The lowest BCUT2D eigenvalue weighted by Crippen LogP contribution is -2.18. The smallest absolute Gasteiger partial charge is 0.156 e. The van der Waals surface area contributed by atoms with Crippen LogP contribution < -0.4 is 0 Å². The molecule has 2 heteroatoms. The quantitative estimate of drug-likeness (QED) is 0.670. The van der Waals surface area contributed by atoms with Gasteiger partial charge in [-0.15, -0.1) is 0 Å². The molecule has 2 rings (SSSR count). The van der Waals surface area contributed by atoms with Gasteiger partial charge in [-0.05, 0) is 11.5 Å². The fraction of sp³-hybridized carbons (Fsp3) is 0.533. The van der Waals surface area contributed by atoms with E-state index in [2.05, 4.69) is 52.6 Å². The Morgan fingerprint density at radius 1 is 1.00 bits per heavy atom. The fourth-order valence-corrected chi connectivity index (χ4v) is 1.90. The summed E-state index contributed by atoms with van der Waals surface area (Å²) in [6, 6.07) is 4.13. The monoisotopic (exact) mass is 231 g/mol. The van der Waals surface area contributed by atoms with E-state index in [-0.39, 0.29) is 10.8 Å². The molecule has 0 N–H and O–H groups in total. The molecule has 2 aromatic heterocycles. The minimum Gasteiger partial charge on any atom is -0.462 e. The summed E-state index contributed by atoms with van der Waals surface area (Å²) in [5.74, 6) is 0. The van der Waals surface area contributed by atoms with Crippen LogP contribution >= 0.6 is 0 Å². The Balaban J connectivity index is 2.76. The SMILES string of the molecule is CC(C)(C)c1cc(C(C)(C)C)c2occc2n1. The van der Waals surface area contributed by atoms with E-state index in [1.165, 1.54) is 5.56 Å². The molecular formula is C15H21NO. The van der Waals surface area contributed by atoms with Gasteiger partial charge in [0, 0.05) is 22.7 Å². The third-order valence-electron chi connectivity index (χ3n) is 2.99. The maximum atomic E-state index is 5.58. The first-order valence-corrected chi connectivity index (χ1v) is 6.09. The Kier molecular flexibility index (Phi) is 2.57. The molecule has 2 heterocycles. The molecule has 0 fully saturated rings. The summed E-state index contributed by atoms with van der Waals surface area (Å²) in [5.41, 5.74) is 4.37. The van der Waals surface area contributed by atoms with E-state index in [1.807, 2.05) is 6.07 Å². The lowest BCUT2D eigenvalue weighted by Gasteiger charge is -2.24. The number of furan rings is 1. The number of nitrogens with zero attached hydrogens (tertiary/aromatic N) is 1. The molecule has 0 saturated carbocycles. The second kappa shape index (κ2) is 3.59. The highest BCUT2D eigenvalue weighted by Gasteiger charge is 2.24. The van der Waals surface area contributed by atoms with Crippen molar-refractivity contribution in [3.63, 3.8) is 0 Å². The van der Waals surface area contributed by atoms with Crippen LogP contribution in [0.1, 0.15) is 52.8 Å². The van der Waals surface area contributed by atoms with Crippen LogP contribution in [0.3, 0.4) is 0 Å². The van der Waals surface area contributed by atoms with Gasteiger partial charge in [0.2, 0.25) is 0 Å². The third kappa shape index (κ3) is 2.21. The number of fused-ring (bicyclic) bond motifs is 1. The van der Waals surface area contributed by atoms with Crippen molar-refractivity contribution < 1.29 is 4.42 Å². The van der Waals surface area contributed by atoms with Gasteiger partial charge in [0.25, 0.3) is 0 Å². The molecule has 0 bridgehead atoms. The molecule has 0 aliphatic carbocycles. The highest BCUT2D eigenvalue weighted by molar-refractivity contribution is 5.77. The Morgan fingerprint density at radius 3 is 2.18 bits per heavy atom. The van der Waals surface area contributed by atoms with E-state index in [4.69, 9.17) is 4.42 Å². The zero-order chi connectivity index (χ0) is 12.8. The Morgan fingerprint density at radius 2 is 1.65 bits per heavy atom. The molecule has 0 amide bonds. The predicted octanol–water partition coefficient (Wildman–Crippen LogP) is 4.42. The topological polar surface area (TPSA) is 26.0 Å². The standard InChI is InChI=1S/C15H21NO/c1-14(2,3)10-9-12(15(4,5)6)16-11-7-8-17-13(10)11/h7-9H,1-6H3. The number of rotatable bonds is 0. The first kappa shape index (κ1) is 12.2. The van der Waals surface area contributed by atoms with E-state index in [1.54, 1.807) is 6.26 Å². The normalized spacial score (nSPS) is 13.3. The lowest BCUT2D eigenvalue weighted by molar-refractivity contribution is 0.541. The Bertz CT molecular complexity index is 538. The van der Waals surface area contributed by atoms with Gasteiger partial charge in [0.1, 0.15) is 5.52 Å². The van der Waals surface area contributed by atoms with Gasteiger partial charge in [0.15, 0.2) is 5.58 Å². The molecule has 0 unspecified atom stereocenters. The number of hydrogen-bond acceptors (Lipinski definition) is 2. The van der Waals surface area contributed by atoms with Crippen molar-refractivity contribution in [3.8, 4) is 0 Å². The molecule has 0 aliphatic rings. The molecular weight excluding hydrogens is 210 g/mol. The minimum atomic E-state index is 0.0610. The zero-order valence-electron chi connectivity index (χ0n) is 11.6. The summed E-state index contributed by atoms with van der Waals surface area (Å²) in [5, 5.41) is 0. The van der Waals surface area contributed by atoms with Crippen LogP contribution in [0.5, 0.6) is 0 Å². The van der Waals surface area contributed by atoms with E-state index in [0.717, 1.165) is 16.8 Å². The Hall–Kier alpha value is -1.31. The van der Waals surface area contributed by atoms with Crippen molar-refractivity contribution in [3.05, 3.63) is 29.7 Å². The van der Waals surface area contributed by atoms with Crippen LogP contribution in [0, 0.1) is 0 Å². The number of hydrogen-bond donors (Lipinski definition) is 0. The Labute approximate surface area is 103 Å². The summed E-state index contributed by atoms with van der Waals surface area (Å²) in [6.45, 7) is 13.2. The first-order chi connectivity index (χ1) is 7.69. The van der Waals surface area contributed by atoms with E-state index < -0.39 is 0 Å². The van der Waals surface area contributed by atoms with Crippen LogP contribution in [0.4, 0.5) is 0 Å². The lowest BCUT2D eigenvalue weighted by atomic mass is 9.83. The van der Waals surface area contributed by atoms with Crippen LogP contribution in [0.25, 0.3) is 11.1 Å². The highest BCUT2D eigenvalue weighted by Crippen LogP contribution is 2.33.